The van der Waals surface area contributed by atoms with E-state index in [4.69, 9.17) is 4.74 Å². The number of benzene rings is 1. The second-order valence-corrected chi connectivity index (χ2v) is 6.07. The fraction of sp³-hybridized carbons (Fsp3) is 0.211. The van der Waals surface area contributed by atoms with Crippen LogP contribution >= 0.6 is 0 Å². The topological polar surface area (TPSA) is 99.0 Å². The zero-order chi connectivity index (χ0) is 21.9. The first-order chi connectivity index (χ1) is 14.2. The maximum absolute atomic E-state index is 13.1. The van der Waals surface area contributed by atoms with Crippen molar-refractivity contribution in [1.82, 2.24) is 19.7 Å². The summed E-state index contributed by atoms with van der Waals surface area (Å²) in [6.45, 7) is 5.04. The number of nitrogens with zero attached hydrogens (tertiary/aromatic N) is 4. The van der Waals surface area contributed by atoms with Crippen LogP contribution in [0.2, 0.25) is 0 Å². The molecule has 0 aliphatic carbocycles. The zero-order valence-electron chi connectivity index (χ0n) is 15.7. The van der Waals surface area contributed by atoms with Crippen molar-refractivity contribution < 1.29 is 22.7 Å². The molecule has 0 fully saturated rings. The number of halogens is 3. The number of nitrogens with one attached hydrogen (secondary N) is 1. The highest BCUT2D eigenvalue weighted by atomic mass is 19.4. The van der Waals surface area contributed by atoms with E-state index in [1.165, 1.54) is 18.6 Å². The van der Waals surface area contributed by atoms with Crippen LogP contribution in [0.25, 0.3) is 16.5 Å². The van der Waals surface area contributed by atoms with Gasteiger partial charge in [0.15, 0.2) is 0 Å². The molecular weight excluding hydrogens is 403 g/mol. The smallest absolute Gasteiger partial charge is 0.416 e. The molecule has 156 valence electrons. The molecule has 1 amide bonds. The second kappa shape index (κ2) is 8.31. The molecule has 0 saturated carbocycles. The Bertz CT molecular complexity index is 1160. The molecule has 0 radical (unpaired) electrons. The minimum absolute atomic E-state index is 0.0215. The fourth-order valence-corrected chi connectivity index (χ4v) is 2.70. The Kier molecular flexibility index (Phi) is 5.81. The van der Waals surface area contributed by atoms with Crippen molar-refractivity contribution in [3.63, 3.8) is 0 Å². The Labute approximate surface area is 168 Å². The van der Waals surface area contributed by atoms with Gasteiger partial charge in [0.25, 0.3) is 5.56 Å². The molecule has 0 atom stereocenters. The highest BCUT2D eigenvalue weighted by molar-refractivity contribution is 5.92. The largest absolute Gasteiger partial charge is 0.492 e. The lowest BCUT2D eigenvalue weighted by atomic mass is 10.1. The summed E-state index contributed by atoms with van der Waals surface area (Å²) in [5, 5.41) is 6.40. The van der Waals surface area contributed by atoms with Gasteiger partial charge in [0, 0.05) is 11.6 Å². The number of carbonyl (C=O) groups excluding carboxylic acids is 1. The summed E-state index contributed by atoms with van der Waals surface area (Å²) in [6, 6.07) is 4.11. The van der Waals surface area contributed by atoms with Crippen LogP contribution in [-0.2, 0) is 22.3 Å². The number of anilines is 1. The molecule has 0 saturated heterocycles. The van der Waals surface area contributed by atoms with Gasteiger partial charge in [0.05, 0.1) is 17.6 Å². The molecule has 0 bridgehead atoms. The third kappa shape index (κ3) is 4.45. The Morgan fingerprint density at radius 2 is 2.03 bits per heavy atom. The van der Waals surface area contributed by atoms with E-state index in [0.717, 1.165) is 22.9 Å². The van der Waals surface area contributed by atoms with Gasteiger partial charge in [0.1, 0.15) is 30.1 Å². The Morgan fingerprint density at radius 3 is 2.67 bits per heavy atom. The summed E-state index contributed by atoms with van der Waals surface area (Å²) in [7, 11) is 0. The van der Waals surface area contributed by atoms with Gasteiger partial charge >= 0.3 is 6.18 Å². The highest BCUT2D eigenvalue weighted by Crippen LogP contribution is 2.32. The molecule has 1 aromatic carbocycles. The summed E-state index contributed by atoms with van der Waals surface area (Å²) < 4.78 is 45.5. The van der Waals surface area contributed by atoms with E-state index in [2.05, 4.69) is 27.0 Å². The normalized spacial score (nSPS) is 11.3. The van der Waals surface area contributed by atoms with Crippen molar-refractivity contribution in [3.8, 4) is 0 Å². The van der Waals surface area contributed by atoms with E-state index in [0.29, 0.717) is 0 Å². The van der Waals surface area contributed by atoms with E-state index in [9.17, 15) is 22.8 Å². The molecular formula is C19H16F3N5O3. The lowest BCUT2D eigenvalue weighted by Crippen LogP contribution is -2.31. The molecule has 0 unspecified atom stereocenters. The lowest BCUT2D eigenvalue weighted by Gasteiger charge is -2.14. The van der Waals surface area contributed by atoms with Gasteiger partial charge < -0.3 is 10.1 Å². The minimum Gasteiger partial charge on any atom is -0.492 e. The van der Waals surface area contributed by atoms with E-state index in [-0.39, 0.29) is 34.7 Å². The third-order valence-corrected chi connectivity index (χ3v) is 4.01. The van der Waals surface area contributed by atoms with Gasteiger partial charge in [-0.05, 0) is 31.2 Å². The van der Waals surface area contributed by atoms with Gasteiger partial charge in [-0.15, -0.1) is 0 Å². The third-order valence-electron chi connectivity index (χ3n) is 4.01. The first-order valence-corrected chi connectivity index (χ1v) is 8.70. The number of amides is 1. The summed E-state index contributed by atoms with van der Waals surface area (Å²) in [4.78, 5) is 32.6. The SMILES string of the molecule is C=C(OCC)c1nn(CC(=O)Nc2ccncn2)c(=O)c2ccc(C(F)(F)F)cc12. The number of carbonyl (C=O) groups is 1. The molecule has 3 rings (SSSR count). The predicted octanol–water partition coefficient (Wildman–Crippen LogP) is 2.85. The van der Waals surface area contributed by atoms with Crippen LogP contribution in [0.5, 0.6) is 0 Å². The first kappa shape index (κ1) is 21.0. The number of alkyl halides is 3. The Hall–Kier alpha value is -3.76. The van der Waals surface area contributed by atoms with Crippen LogP contribution in [-0.4, -0.2) is 32.3 Å². The molecule has 1 N–H and O–H groups in total. The molecule has 2 aromatic heterocycles. The van der Waals surface area contributed by atoms with Gasteiger partial charge in [-0.3, -0.25) is 9.59 Å². The van der Waals surface area contributed by atoms with Crippen molar-refractivity contribution in [2.75, 3.05) is 11.9 Å². The Balaban J connectivity index is 2.07. The molecule has 0 aliphatic heterocycles. The van der Waals surface area contributed by atoms with Crippen LogP contribution < -0.4 is 10.9 Å². The van der Waals surface area contributed by atoms with Gasteiger partial charge in [-0.2, -0.15) is 18.3 Å². The predicted molar refractivity (Wildman–Crippen MR) is 102 cm³/mol. The summed E-state index contributed by atoms with van der Waals surface area (Å²) >= 11 is 0. The summed E-state index contributed by atoms with van der Waals surface area (Å²) in [6.07, 6.45) is -1.95. The first-order valence-electron chi connectivity index (χ1n) is 8.70. The van der Waals surface area contributed by atoms with Gasteiger partial charge in [-0.25, -0.2) is 14.6 Å². The number of hydrogen-bond acceptors (Lipinski definition) is 6. The molecule has 30 heavy (non-hydrogen) atoms. The zero-order valence-corrected chi connectivity index (χ0v) is 15.7. The lowest BCUT2D eigenvalue weighted by molar-refractivity contribution is -0.137. The monoisotopic (exact) mass is 419 g/mol. The van der Waals surface area contributed by atoms with E-state index < -0.39 is 29.8 Å². The van der Waals surface area contributed by atoms with Crippen molar-refractivity contribution in [1.29, 1.82) is 0 Å². The van der Waals surface area contributed by atoms with E-state index in [1.54, 1.807) is 6.92 Å². The van der Waals surface area contributed by atoms with Crippen LogP contribution in [0.4, 0.5) is 19.0 Å². The van der Waals surface area contributed by atoms with Gasteiger partial charge in [-0.1, -0.05) is 6.58 Å². The number of rotatable bonds is 6. The van der Waals surface area contributed by atoms with Crippen LogP contribution in [0.3, 0.4) is 0 Å². The molecule has 11 heteroatoms. The minimum atomic E-state index is -4.61. The number of hydrogen-bond donors (Lipinski definition) is 1. The fourth-order valence-electron chi connectivity index (χ4n) is 2.70. The van der Waals surface area contributed by atoms with Crippen molar-refractivity contribution in [3.05, 3.63) is 65.0 Å². The van der Waals surface area contributed by atoms with Gasteiger partial charge in [0.2, 0.25) is 5.91 Å². The van der Waals surface area contributed by atoms with Crippen molar-refractivity contribution in [2.45, 2.75) is 19.6 Å². The summed E-state index contributed by atoms with van der Waals surface area (Å²) in [5.41, 5.74) is -1.74. The maximum Gasteiger partial charge on any atom is 0.416 e. The molecule has 0 spiro atoms. The van der Waals surface area contributed by atoms with Crippen LogP contribution in [0.1, 0.15) is 18.2 Å². The molecule has 0 aliphatic rings. The van der Waals surface area contributed by atoms with E-state index >= 15 is 0 Å². The number of ether oxygens (including phenoxy) is 1. The van der Waals surface area contributed by atoms with Crippen LogP contribution in [0.15, 0.2) is 48.2 Å². The van der Waals surface area contributed by atoms with Crippen molar-refractivity contribution >= 4 is 28.3 Å². The standard InChI is InChI=1S/C19H16F3N5O3/c1-3-30-11(2)17-14-8-12(19(20,21)22)4-5-13(14)18(29)27(26-17)9-16(28)25-15-6-7-23-10-24-15/h4-8,10H,2-3,9H2,1H3,(H,23,24,25,28). The quantitative estimate of drug-likeness (QED) is 0.617. The number of fused-ring (bicyclic) bond motifs is 1. The average Bonchev–Trinajstić information content (AvgIpc) is 2.70. The highest BCUT2D eigenvalue weighted by Gasteiger charge is 2.31. The van der Waals surface area contributed by atoms with Crippen molar-refractivity contribution in [2.24, 2.45) is 0 Å². The molecule has 2 heterocycles. The maximum atomic E-state index is 13.1. The summed E-state index contributed by atoms with van der Waals surface area (Å²) in [5.74, 6) is -0.410. The number of aromatic nitrogens is 4. The Morgan fingerprint density at radius 1 is 1.27 bits per heavy atom. The average molecular weight is 419 g/mol. The second-order valence-electron chi connectivity index (χ2n) is 6.07. The molecule has 8 nitrogen and oxygen atoms in total. The molecule has 3 aromatic rings. The van der Waals surface area contributed by atoms with E-state index in [1.807, 2.05) is 0 Å². The van der Waals surface area contributed by atoms with Crippen LogP contribution in [0, 0.1) is 0 Å².